The Hall–Kier alpha value is -1.22. The molecule has 1 aromatic rings. The van der Waals surface area contributed by atoms with Crippen molar-refractivity contribution in [2.75, 3.05) is 0 Å². The van der Waals surface area contributed by atoms with Gasteiger partial charge in [-0.15, -0.1) is 0 Å². The molecule has 1 atom stereocenters. The van der Waals surface area contributed by atoms with E-state index in [2.05, 4.69) is 4.98 Å². The molecule has 3 nitrogen and oxygen atoms in total. The quantitative estimate of drug-likeness (QED) is 0.716. The number of carbonyl (C=O) groups is 1. The van der Waals surface area contributed by atoms with Gasteiger partial charge in [0.2, 0.25) is 0 Å². The first-order valence-corrected chi connectivity index (χ1v) is 4.37. The molecule has 0 aromatic carbocycles. The fraction of sp³-hybridized carbons (Fsp3) is 0.400. The number of carbonyl (C=O) groups excluding carboxylic acids is 1. The van der Waals surface area contributed by atoms with Gasteiger partial charge in [0, 0.05) is 17.8 Å². The summed E-state index contributed by atoms with van der Waals surface area (Å²) in [7, 11) is 0. The highest BCUT2D eigenvalue weighted by molar-refractivity contribution is 5.93. The van der Waals surface area contributed by atoms with Crippen molar-refractivity contribution in [2.24, 2.45) is 5.73 Å². The molecule has 0 spiro atoms. The van der Waals surface area contributed by atoms with Crippen molar-refractivity contribution in [2.45, 2.75) is 26.3 Å². The molecule has 0 radical (unpaired) electrons. The lowest BCUT2D eigenvalue weighted by molar-refractivity contribution is 0.101. The van der Waals surface area contributed by atoms with Gasteiger partial charge in [-0.05, 0) is 25.5 Å². The van der Waals surface area contributed by atoms with E-state index in [0.717, 1.165) is 12.1 Å². The second-order valence-electron chi connectivity index (χ2n) is 3.04. The maximum Gasteiger partial charge on any atom is 0.161 e. The van der Waals surface area contributed by atoms with Crippen molar-refractivity contribution in [1.29, 1.82) is 0 Å². The highest BCUT2D eigenvalue weighted by atomic mass is 16.1. The molecule has 13 heavy (non-hydrogen) atoms. The zero-order valence-electron chi connectivity index (χ0n) is 7.95. The third-order valence-corrected chi connectivity index (χ3v) is 2.01. The highest BCUT2D eigenvalue weighted by Gasteiger charge is 2.05. The summed E-state index contributed by atoms with van der Waals surface area (Å²) in [5.74, 6) is 0.0316. The summed E-state index contributed by atoms with van der Waals surface area (Å²) in [5.41, 5.74) is 7.24. The molecule has 1 heterocycles. The summed E-state index contributed by atoms with van der Waals surface area (Å²) < 4.78 is 0. The maximum absolute atomic E-state index is 10.9. The van der Waals surface area contributed by atoms with Gasteiger partial charge in [-0.2, -0.15) is 0 Å². The first-order chi connectivity index (χ1) is 6.15. The third-order valence-electron chi connectivity index (χ3n) is 2.01. The summed E-state index contributed by atoms with van der Waals surface area (Å²) in [6.07, 6.45) is 2.43. The molecule has 0 fully saturated rings. The van der Waals surface area contributed by atoms with Gasteiger partial charge in [-0.1, -0.05) is 6.92 Å². The standard InChI is InChI=1S/C10H14N2O/c1-3-9(11)10-5-4-8(6-12-10)7(2)13/h4-6,9H,3,11H2,1-2H3. The monoisotopic (exact) mass is 178 g/mol. The Balaban J connectivity index is 2.87. The van der Waals surface area contributed by atoms with Gasteiger partial charge in [0.15, 0.2) is 5.78 Å². The molecule has 1 rings (SSSR count). The number of nitrogens with zero attached hydrogens (tertiary/aromatic N) is 1. The van der Waals surface area contributed by atoms with E-state index in [1.165, 1.54) is 6.92 Å². The van der Waals surface area contributed by atoms with Crippen LogP contribution in [0.5, 0.6) is 0 Å². The van der Waals surface area contributed by atoms with E-state index in [1.54, 1.807) is 12.3 Å². The van der Waals surface area contributed by atoms with E-state index in [0.29, 0.717) is 5.56 Å². The smallest absolute Gasteiger partial charge is 0.161 e. The Kier molecular flexibility index (Phi) is 3.14. The van der Waals surface area contributed by atoms with Crippen LogP contribution in [0.4, 0.5) is 0 Å². The molecule has 2 N–H and O–H groups in total. The molecule has 0 bridgehead atoms. The van der Waals surface area contributed by atoms with E-state index in [9.17, 15) is 4.79 Å². The van der Waals surface area contributed by atoms with Crippen molar-refractivity contribution in [3.05, 3.63) is 29.6 Å². The van der Waals surface area contributed by atoms with E-state index in [4.69, 9.17) is 5.73 Å². The Morgan fingerprint density at radius 1 is 1.62 bits per heavy atom. The SMILES string of the molecule is CCC(N)c1ccc(C(C)=O)cn1. The molecule has 3 heteroatoms. The lowest BCUT2D eigenvalue weighted by Gasteiger charge is -2.07. The van der Waals surface area contributed by atoms with Gasteiger partial charge >= 0.3 is 0 Å². The van der Waals surface area contributed by atoms with Crippen LogP contribution < -0.4 is 5.73 Å². The van der Waals surface area contributed by atoms with Crippen molar-refractivity contribution in [3.8, 4) is 0 Å². The van der Waals surface area contributed by atoms with Crippen LogP contribution in [-0.4, -0.2) is 10.8 Å². The average Bonchev–Trinajstić information content (AvgIpc) is 2.17. The number of hydrogen-bond donors (Lipinski definition) is 1. The van der Waals surface area contributed by atoms with Crippen LogP contribution in [0.2, 0.25) is 0 Å². The van der Waals surface area contributed by atoms with Crippen LogP contribution in [0.1, 0.15) is 42.4 Å². The third kappa shape index (κ3) is 2.36. The van der Waals surface area contributed by atoms with Gasteiger partial charge in [0.05, 0.1) is 5.69 Å². The highest BCUT2D eigenvalue weighted by Crippen LogP contribution is 2.10. The zero-order valence-corrected chi connectivity index (χ0v) is 7.95. The van der Waals surface area contributed by atoms with Crippen LogP contribution in [0.3, 0.4) is 0 Å². The Bertz CT molecular complexity index is 292. The molecular weight excluding hydrogens is 164 g/mol. The number of pyridine rings is 1. The van der Waals surface area contributed by atoms with E-state index >= 15 is 0 Å². The summed E-state index contributed by atoms with van der Waals surface area (Å²) in [6, 6.07) is 3.55. The lowest BCUT2D eigenvalue weighted by atomic mass is 10.1. The van der Waals surface area contributed by atoms with Crippen LogP contribution in [0.25, 0.3) is 0 Å². The Morgan fingerprint density at radius 3 is 2.69 bits per heavy atom. The lowest BCUT2D eigenvalue weighted by Crippen LogP contribution is -2.10. The largest absolute Gasteiger partial charge is 0.323 e. The Morgan fingerprint density at radius 2 is 2.31 bits per heavy atom. The molecule has 0 aliphatic rings. The Labute approximate surface area is 78.0 Å². The van der Waals surface area contributed by atoms with Gasteiger partial charge in [-0.25, -0.2) is 0 Å². The number of hydrogen-bond acceptors (Lipinski definition) is 3. The van der Waals surface area contributed by atoms with E-state index in [-0.39, 0.29) is 11.8 Å². The predicted octanol–water partition coefficient (Wildman–Crippen LogP) is 1.69. The molecule has 70 valence electrons. The van der Waals surface area contributed by atoms with Gasteiger partial charge < -0.3 is 5.73 Å². The molecule has 1 aromatic heterocycles. The number of nitrogens with two attached hydrogens (primary N) is 1. The normalized spacial score (nSPS) is 12.5. The van der Waals surface area contributed by atoms with Crippen LogP contribution in [0, 0.1) is 0 Å². The van der Waals surface area contributed by atoms with Crippen molar-refractivity contribution < 1.29 is 4.79 Å². The first kappa shape index (κ1) is 9.86. The summed E-state index contributed by atoms with van der Waals surface area (Å²) in [5, 5.41) is 0. The molecule has 0 saturated heterocycles. The van der Waals surface area contributed by atoms with E-state index in [1.807, 2.05) is 13.0 Å². The topological polar surface area (TPSA) is 56.0 Å². The van der Waals surface area contributed by atoms with Gasteiger partial charge in [0.1, 0.15) is 0 Å². The predicted molar refractivity (Wildman–Crippen MR) is 51.5 cm³/mol. The maximum atomic E-state index is 10.9. The summed E-state index contributed by atoms with van der Waals surface area (Å²) >= 11 is 0. The van der Waals surface area contributed by atoms with Crippen LogP contribution >= 0.6 is 0 Å². The fourth-order valence-electron chi connectivity index (χ4n) is 1.04. The van der Waals surface area contributed by atoms with E-state index < -0.39 is 0 Å². The zero-order chi connectivity index (χ0) is 9.84. The number of Topliss-reactive ketones (excluding diaryl/α,β-unsaturated/α-hetero) is 1. The fourth-order valence-corrected chi connectivity index (χ4v) is 1.04. The summed E-state index contributed by atoms with van der Waals surface area (Å²) in [4.78, 5) is 15.0. The van der Waals surface area contributed by atoms with Gasteiger partial charge in [0.25, 0.3) is 0 Å². The second-order valence-corrected chi connectivity index (χ2v) is 3.04. The molecule has 0 amide bonds. The first-order valence-electron chi connectivity index (χ1n) is 4.37. The molecular formula is C10H14N2O. The molecule has 1 unspecified atom stereocenters. The number of ketones is 1. The molecule has 0 saturated carbocycles. The minimum absolute atomic E-state index is 0.0268. The average molecular weight is 178 g/mol. The van der Waals surface area contributed by atoms with Crippen molar-refractivity contribution in [3.63, 3.8) is 0 Å². The second kappa shape index (κ2) is 4.14. The number of aromatic nitrogens is 1. The minimum atomic E-state index is -0.0268. The van der Waals surface area contributed by atoms with Crippen LogP contribution in [0.15, 0.2) is 18.3 Å². The van der Waals surface area contributed by atoms with Crippen molar-refractivity contribution in [1.82, 2.24) is 4.98 Å². The number of rotatable bonds is 3. The molecule has 0 aliphatic heterocycles. The van der Waals surface area contributed by atoms with Crippen molar-refractivity contribution >= 4 is 5.78 Å². The van der Waals surface area contributed by atoms with Gasteiger partial charge in [-0.3, -0.25) is 9.78 Å². The molecule has 0 aliphatic carbocycles. The minimum Gasteiger partial charge on any atom is -0.323 e. The van der Waals surface area contributed by atoms with Crippen LogP contribution in [-0.2, 0) is 0 Å². The summed E-state index contributed by atoms with van der Waals surface area (Å²) in [6.45, 7) is 3.53.